The van der Waals surface area contributed by atoms with Crippen LogP contribution in [0.15, 0.2) is 17.0 Å². The van der Waals surface area contributed by atoms with Crippen molar-refractivity contribution in [1.29, 1.82) is 0 Å². The average molecular weight is 209 g/mol. The molecule has 76 valence electrons. The number of ether oxygens (including phenoxy) is 1. The average Bonchev–Trinajstić information content (AvgIpc) is 2.42. The van der Waals surface area contributed by atoms with Crippen LogP contribution in [0, 0.1) is 0 Å². The largest absolute Gasteiger partial charge is 0.497 e. The number of nitrogen functional groups attached to an aromatic ring is 1. The summed E-state index contributed by atoms with van der Waals surface area (Å²) < 4.78 is 5.21. The van der Waals surface area contributed by atoms with Gasteiger partial charge in [0.1, 0.15) is 5.75 Å². The van der Waals surface area contributed by atoms with Crippen molar-refractivity contribution in [3.05, 3.63) is 17.7 Å². The highest BCUT2D eigenvalue weighted by Crippen LogP contribution is 2.36. The number of benzene rings is 1. The highest BCUT2D eigenvalue weighted by atomic mass is 32.2. The van der Waals surface area contributed by atoms with Gasteiger partial charge in [0.2, 0.25) is 0 Å². The molecule has 1 aromatic carbocycles. The van der Waals surface area contributed by atoms with Crippen LogP contribution < -0.4 is 10.5 Å². The van der Waals surface area contributed by atoms with Crippen LogP contribution >= 0.6 is 11.8 Å². The molecule has 0 fully saturated rings. The first kappa shape index (κ1) is 9.71. The van der Waals surface area contributed by atoms with Crippen LogP contribution in [0.25, 0.3) is 0 Å². The second-order valence-electron chi connectivity index (χ2n) is 3.51. The summed E-state index contributed by atoms with van der Waals surface area (Å²) in [5, 5.41) is 0. The van der Waals surface area contributed by atoms with E-state index in [0.717, 1.165) is 17.9 Å². The maximum Gasteiger partial charge on any atom is 0.121 e. The Hall–Kier alpha value is -0.830. The molecule has 0 saturated heterocycles. The van der Waals surface area contributed by atoms with E-state index in [-0.39, 0.29) is 0 Å². The van der Waals surface area contributed by atoms with E-state index in [2.05, 4.69) is 6.07 Å². The van der Waals surface area contributed by atoms with Gasteiger partial charge in [-0.05, 0) is 36.6 Å². The summed E-state index contributed by atoms with van der Waals surface area (Å²) in [7, 11) is 1.69. The van der Waals surface area contributed by atoms with Gasteiger partial charge < -0.3 is 10.5 Å². The van der Waals surface area contributed by atoms with E-state index in [9.17, 15) is 0 Å². The SMILES string of the molecule is COc1cc(N)c2c(c1)CCCCS2. The van der Waals surface area contributed by atoms with E-state index in [1.165, 1.54) is 29.1 Å². The molecule has 0 aromatic heterocycles. The van der Waals surface area contributed by atoms with E-state index >= 15 is 0 Å². The lowest BCUT2D eigenvalue weighted by Crippen LogP contribution is -1.95. The minimum absolute atomic E-state index is 0.867. The van der Waals surface area contributed by atoms with Gasteiger partial charge in [-0.1, -0.05) is 0 Å². The van der Waals surface area contributed by atoms with Gasteiger partial charge in [-0.2, -0.15) is 0 Å². The van der Waals surface area contributed by atoms with Crippen molar-refractivity contribution in [2.24, 2.45) is 0 Å². The lowest BCUT2D eigenvalue weighted by Gasteiger charge is -2.10. The number of aryl methyl sites for hydroxylation is 1. The summed E-state index contributed by atoms with van der Waals surface area (Å²) >= 11 is 1.87. The Bertz CT molecular complexity index is 338. The van der Waals surface area contributed by atoms with Crippen molar-refractivity contribution in [2.45, 2.75) is 24.2 Å². The standard InChI is InChI=1S/C11H15NOS/c1-13-9-6-8-4-2-3-5-14-11(8)10(12)7-9/h6-7H,2-5,12H2,1H3. The molecule has 1 aliphatic rings. The fraction of sp³-hybridized carbons (Fsp3) is 0.455. The predicted molar refractivity (Wildman–Crippen MR) is 61.1 cm³/mol. The van der Waals surface area contributed by atoms with Gasteiger partial charge in [-0.15, -0.1) is 11.8 Å². The molecule has 0 spiro atoms. The molecule has 0 saturated carbocycles. The summed E-state index contributed by atoms with van der Waals surface area (Å²) in [5.41, 5.74) is 8.20. The molecule has 3 heteroatoms. The van der Waals surface area contributed by atoms with Crippen LogP contribution in [0.5, 0.6) is 5.75 Å². The van der Waals surface area contributed by atoms with E-state index in [1.807, 2.05) is 17.8 Å². The Morgan fingerprint density at radius 2 is 2.21 bits per heavy atom. The third kappa shape index (κ3) is 1.82. The van der Waals surface area contributed by atoms with Gasteiger partial charge in [0.25, 0.3) is 0 Å². The third-order valence-electron chi connectivity index (χ3n) is 2.49. The molecular weight excluding hydrogens is 194 g/mol. The van der Waals surface area contributed by atoms with Gasteiger partial charge in [-0.3, -0.25) is 0 Å². The number of fused-ring (bicyclic) bond motifs is 1. The maximum atomic E-state index is 5.99. The number of rotatable bonds is 1. The van der Waals surface area contributed by atoms with Crippen molar-refractivity contribution in [1.82, 2.24) is 0 Å². The van der Waals surface area contributed by atoms with Gasteiger partial charge >= 0.3 is 0 Å². The highest BCUT2D eigenvalue weighted by molar-refractivity contribution is 7.99. The van der Waals surface area contributed by atoms with Crippen LogP contribution in [0.2, 0.25) is 0 Å². The molecule has 2 nitrogen and oxygen atoms in total. The molecule has 0 amide bonds. The topological polar surface area (TPSA) is 35.2 Å². The lowest BCUT2D eigenvalue weighted by molar-refractivity contribution is 0.414. The van der Waals surface area contributed by atoms with Crippen molar-refractivity contribution in [2.75, 3.05) is 18.6 Å². The van der Waals surface area contributed by atoms with Crippen LogP contribution in [0.3, 0.4) is 0 Å². The highest BCUT2D eigenvalue weighted by Gasteiger charge is 2.12. The normalized spacial score (nSPS) is 15.8. The number of methoxy groups -OCH3 is 1. The van der Waals surface area contributed by atoms with Crippen LogP contribution in [-0.2, 0) is 6.42 Å². The number of thioether (sulfide) groups is 1. The predicted octanol–water partition coefficient (Wildman–Crippen LogP) is 2.71. The van der Waals surface area contributed by atoms with Crippen molar-refractivity contribution < 1.29 is 4.74 Å². The summed E-state index contributed by atoms with van der Waals surface area (Å²) in [6.45, 7) is 0. The van der Waals surface area contributed by atoms with Gasteiger partial charge in [0.05, 0.1) is 7.11 Å². The maximum absolute atomic E-state index is 5.99. The molecule has 2 N–H and O–H groups in total. The first-order chi connectivity index (χ1) is 6.81. The number of nitrogens with two attached hydrogens (primary N) is 1. The monoisotopic (exact) mass is 209 g/mol. The zero-order valence-corrected chi connectivity index (χ0v) is 9.19. The molecule has 1 aromatic rings. The number of hydrogen-bond donors (Lipinski definition) is 1. The molecule has 0 aliphatic carbocycles. The summed E-state index contributed by atoms with van der Waals surface area (Å²) in [4.78, 5) is 1.27. The first-order valence-electron chi connectivity index (χ1n) is 4.90. The summed E-state index contributed by atoms with van der Waals surface area (Å²) in [6.07, 6.45) is 3.66. The molecule has 0 unspecified atom stereocenters. The minimum Gasteiger partial charge on any atom is -0.497 e. The lowest BCUT2D eigenvalue weighted by atomic mass is 10.1. The Morgan fingerprint density at radius 3 is 3.00 bits per heavy atom. The molecular formula is C11H15NOS. The zero-order chi connectivity index (χ0) is 9.97. The van der Waals surface area contributed by atoms with Crippen molar-refractivity contribution in [3.8, 4) is 5.75 Å². The number of hydrogen-bond acceptors (Lipinski definition) is 3. The van der Waals surface area contributed by atoms with Crippen LogP contribution in [-0.4, -0.2) is 12.9 Å². The van der Waals surface area contributed by atoms with Gasteiger partial charge in [-0.25, -0.2) is 0 Å². The minimum atomic E-state index is 0.867. The van der Waals surface area contributed by atoms with E-state index < -0.39 is 0 Å². The fourth-order valence-corrected chi connectivity index (χ4v) is 2.88. The molecule has 1 aliphatic heterocycles. The molecule has 14 heavy (non-hydrogen) atoms. The smallest absolute Gasteiger partial charge is 0.121 e. The Balaban J connectivity index is 2.43. The van der Waals surface area contributed by atoms with Crippen LogP contribution in [0.4, 0.5) is 5.69 Å². The fourth-order valence-electron chi connectivity index (χ4n) is 1.75. The van der Waals surface area contributed by atoms with E-state index in [1.54, 1.807) is 7.11 Å². The van der Waals surface area contributed by atoms with E-state index in [0.29, 0.717) is 0 Å². The number of anilines is 1. The summed E-state index contributed by atoms with van der Waals surface area (Å²) in [5.74, 6) is 2.06. The van der Waals surface area contributed by atoms with Crippen LogP contribution in [0.1, 0.15) is 18.4 Å². The third-order valence-corrected chi connectivity index (χ3v) is 3.77. The summed E-state index contributed by atoms with van der Waals surface area (Å²) in [6, 6.07) is 4.03. The Labute approximate surface area is 88.8 Å². The second-order valence-corrected chi connectivity index (χ2v) is 4.62. The van der Waals surface area contributed by atoms with Crippen molar-refractivity contribution in [3.63, 3.8) is 0 Å². The van der Waals surface area contributed by atoms with Gasteiger partial charge in [0.15, 0.2) is 0 Å². The quantitative estimate of drug-likeness (QED) is 0.722. The van der Waals surface area contributed by atoms with E-state index in [4.69, 9.17) is 10.5 Å². The Morgan fingerprint density at radius 1 is 1.36 bits per heavy atom. The zero-order valence-electron chi connectivity index (χ0n) is 8.38. The molecule has 0 bridgehead atoms. The molecule has 0 atom stereocenters. The van der Waals surface area contributed by atoms with Crippen molar-refractivity contribution >= 4 is 17.4 Å². The molecule has 2 rings (SSSR count). The molecule has 1 heterocycles. The molecule has 0 radical (unpaired) electrons. The Kier molecular flexibility index (Phi) is 2.87. The second kappa shape index (κ2) is 4.13. The first-order valence-corrected chi connectivity index (χ1v) is 5.89. The van der Waals surface area contributed by atoms with Gasteiger partial charge in [0, 0.05) is 16.6 Å².